The molecular weight excluding hydrogens is 480 g/mol. The Bertz CT molecular complexity index is 1250. The molecule has 36 heavy (non-hydrogen) atoms. The third kappa shape index (κ3) is 4.54. The number of phenols is 1. The van der Waals surface area contributed by atoms with Gasteiger partial charge in [-0.05, 0) is 30.7 Å². The first-order valence-electron chi connectivity index (χ1n) is 10.8. The second-order valence-electron chi connectivity index (χ2n) is 8.43. The number of aliphatic hydroxyl groups excluding tert-OH is 3. The van der Waals surface area contributed by atoms with Crippen LogP contribution < -0.4 is 4.74 Å². The lowest BCUT2D eigenvalue weighted by Crippen LogP contribution is -2.60. The van der Waals surface area contributed by atoms with E-state index in [0.717, 1.165) is 0 Å². The lowest BCUT2D eigenvalue weighted by atomic mass is 9.82. The molecule has 0 amide bonds. The van der Waals surface area contributed by atoms with Gasteiger partial charge >= 0.3 is 11.9 Å². The van der Waals surface area contributed by atoms with Gasteiger partial charge in [0, 0.05) is 11.1 Å². The number of hydrogen-bond acceptors (Lipinski definition) is 11. The Morgan fingerprint density at radius 2 is 1.69 bits per heavy atom. The van der Waals surface area contributed by atoms with Crippen LogP contribution in [0.2, 0.25) is 0 Å². The van der Waals surface area contributed by atoms with E-state index in [9.17, 15) is 39.6 Å². The average molecular weight is 502 g/mol. The molecule has 0 radical (unpaired) electrons. The maximum Gasteiger partial charge on any atom is 0.317 e. The quantitative estimate of drug-likeness (QED) is 0.218. The highest BCUT2D eigenvalue weighted by molar-refractivity contribution is 6.30. The number of aliphatic carboxylic acids is 1. The standard InChI is InChI=1S/C24H22O12/c1-9-5-11-17(12(25)6-9)21(31)18-10(19(11)29)3-2-4-13(18)35-24-23(33)22(32)20(30)14(36-24)8-34-16(28)7-15(26)27/h2-6,14,20,22-25,30,32-33H,7-8H2,1H3,(H,26,27)/t14-,20-,22+,23-,24-/m1/s1. The summed E-state index contributed by atoms with van der Waals surface area (Å²) >= 11 is 0. The SMILES string of the molecule is Cc1cc(O)c2c(c1)C(=O)c1cccc(O[C@@H]3O[C@H](COC(=O)CC(=O)O)[C@@H](O)[C@H](O)[C@H]3O)c1C2=O. The molecule has 1 aliphatic heterocycles. The van der Waals surface area contributed by atoms with Crippen molar-refractivity contribution >= 4 is 23.5 Å². The first-order chi connectivity index (χ1) is 17.0. The van der Waals surface area contributed by atoms with Gasteiger partial charge in [0.25, 0.3) is 0 Å². The van der Waals surface area contributed by atoms with Crippen LogP contribution in [0.5, 0.6) is 11.5 Å². The molecule has 4 rings (SSSR count). The van der Waals surface area contributed by atoms with Gasteiger partial charge in [-0.2, -0.15) is 0 Å². The number of esters is 1. The molecule has 2 aliphatic rings. The van der Waals surface area contributed by atoms with Crippen LogP contribution in [-0.2, 0) is 19.1 Å². The van der Waals surface area contributed by atoms with Crippen molar-refractivity contribution in [3.63, 3.8) is 0 Å². The van der Waals surface area contributed by atoms with Gasteiger partial charge in [-0.3, -0.25) is 19.2 Å². The minimum atomic E-state index is -1.82. The van der Waals surface area contributed by atoms with Crippen molar-refractivity contribution in [2.24, 2.45) is 0 Å². The van der Waals surface area contributed by atoms with E-state index in [0.29, 0.717) is 5.56 Å². The molecule has 5 N–H and O–H groups in total. The smallest absolute Gasteiger partial charge is 0.317 e. The van der Waals surface area contributed by atoms with Gasteiger partial charge in [0.2, 0.25) is 12.1 Å². The van der Waals surface area contributed by atoms with Crippen LogP contribution in [0.3, 0.4) is 0 Å². The van der Waals surface area contributed by atoms with E-state index in [-0.39, 0.29) is 33.8 Å². The fourth-order valence-corrected chi connectivity index (χ4v) is 4.13. The zero-order valence-electron chi connectivity index (χ0n) is 18.8. The summed E-state index contributed by atoms with van der Waals surface area (Å²) in [5, 5.41) is 49.8. The fourth-order valence-electron chi connectivity index (χ4n) is 4.13. The van der Waals surface area contributed by atoms with E-state index < -0.39 is 67.2 Å². The molecule has 1 saturated heterocycles. The molecule has 12 heteroatoms. The van der Waals surface area contributed by atoms with Gasteiger partial charge in [-0.15, -0.1) is 0 Å². The Hall–Kier alpha value is -3.84. The van der Waals surface area contributed by atoms with Gasteiger partial charge < -0.3 is 39.7 Å². The number of aryl methyl sites for hydroxylation is 1. The highest BCUT2D eigenvalue weighted by Crippen LogP contribution is 2.38. The number of aromatic hydroxyl groups is 1. The van der Waals surface area contributed by atoms with Crippen LogP contribution in [0.25, 0.3) is 0 Å². The maximum absolute atomic E-state index is 13.3. The number of phenolic OH excluding ortho intramolecular Hbond substituents is 1. The Labute approximate surface area is 203 Å². The van der Waals surface area contributed by atoms with E-state index in [1.54, 1.807) is 6.92 Å². The average Bonchev–Trinajstić information content (AvgIpc) is 2.81. The normalized spacial score (nSPS) is 25.1. The number of benzene rings is 2. The number of ether oxygens (including phenoxy) is 3. The molecule has 12 nitrogen and oxygen atoms in total. The minimum absolute atomic E-state index is 0.0139. The molecule has 5 atom stereocenters. The maximum atomic E-state index is 13.3. The second kappa shape index (κ2) is 9.66. The first-order valence-corrected chi connectivity index (χ1v) is 10.8. The highest BCUT2D eigenvalue weighted by Gasteiger charge is 2.46. The third-order valence-electron chi connectivity index (χ3n) is 5.85. The summed E-state index contributed by atoms with van der Waals surface area (Å²) in [5.41, 5.74) is 0.176. The van der Waals surface area contributed by atoms with Gasteiger partial charge in [-0.25, -0.2) is 0 Å². The van der Waals surface area contributed by atoms with Crippen molar-refractivity contribution in [1.29, 1.82) is 0 Å². The van der Waals surface area contributed by atoms with E-state index in [1.807, 2.05) is 0 Å². The molecule has 1 aliphatic carbocycles. The Balaban J connectivity index is 1.61. The van der Waals surface area contributed by atoms with Crippen LogP contribution in [0.15, 0.2) is 30.3 Å². The monoisotopic (exact) mass is 502 g/mol. The first kappa shape index (κ1) is 25.3. The molecule has 0 bridgehead atoms. The summed E-state index contributed by atoms with van der Waals surface area (Å²) in [6.45, 7) is 0.992. The largest absolute Gasteiger partial charge is 0.507 e. The van der Waals surface area contributed by atoms with Gasteiger partial charge in [-0.1, -0.05) is 12.1 Å². The van der Waals surface area contributed by atoms with Crippen LogP contribution in [0, 0.1) is 6.92 Å². The van der Waals surface area contributed by atoms with Crippen LogP contribution in [0.1, 0.15) is 43.8 Å². The van der Waals surface area contributed by atoms with E-state index in [4.69, 9.17) is 19.3 Å². The number of carboxylic acids is 1. The van der Waals surface area contributed by atoms with E-state index in [1.165, 1.54) is 30.3 Å². The number of hydrogen-bond donors (Lipinski definition) is 5. The van der Waals surface area contributed by atoms with Gasteiger partial charge in [0.1, 0.15) is 48.9 Å². The van der Waals surface area contributed by atoms with E-state index >= 15 is 0 Å². The summed E-state index contributed by atoms with van der Waals surface area (Å²) in [7, 11) is 0. The topological polar surface area (TPSA) is 197 Å². The molecule has 1 heterocycles. The number of fused-ring (bicyclic) bond motifs is 2. The zero-order valence-corrected chi connectivity index (χ0v) is 18.8. The van der Waals surface area contributed by atoms with E-state index in [2.05, 4.69) is 0 Å². The highest BCUT2D eigenvalue weighted by atomic mass is 16.7. The molecule has 0 spiro atoms. The summed E-state index contributed by atoms with van der Waals surface area (Å²) in [6.07, 6.45) is -9.41. The summed E-state index contributed by atoms with van der Waals surface area (Å²) in [4.78, 5) is 48.5. The Kier molecular flexibility index (Phi) is 6.78. The molecule has 2 aromatic rings. The number of aliphatic hydroxyl groups is 3. The third-order valence-corrected chi connectivity index (χ3v) is 5.85. The summed E-state index contributed by atoms with van der Waals surface area (Å²) in [6, 6.07) is 6.95. The summed E-state index contributed by atoms with van der Waals surface area (Å²) in [5.74, 6) is -4.39. The van der Waals surface area contributed by atoms with Crippen molar-refractivity contribution in [1.82, 2.24) is 0 Å². The van der Waals surface area contributed by atoms with Crippen LogP contribution in [-0.4, -0.2) is 86.4 Å². The minimum Gasteiger partial charge on any atom is -0.507 e. The van der Waals surface area contributed by atoms with Crippen LogP contribution in [0.4, 0.5) is 0 Å². The lowest BCUT2D eigenvalue weighted by molar-refractivity contribution is -0.278. The molecule has 0 aromatic heterocycles. The predicted molar refractivity (Wildman–Crippen MR) is 117 cm³/mol. The number of carbonyl (C=O) groups is 4. The molecule has 1 fully saturated rings. The predicted octanol–water partition coefficient (Wildman–Crippen LogP) is -0.320. The second-order valence-corrected chi connectivity index (χ2v) is 8.43. The molecule has 0 saturated carbocycles. The molecule has 190 valence electrons. The van der Waals surface area contributed by atoms with Crippen molar-refractivity contribution in [2.75, 3.05) is 6.61 Å². The fraction of sp³-hybridized carbons (Fsp3) is 0.333. The van der Waals surface area contributed by atoms with Crippen molar-refractivity contribution in [3.05, 3.63) is 58.1 Å². The van der Waals surface area contributed by atoms with Crippen LogP contribution >= 0.6 is 0 Å². The van der Waals surface area contributed by atoms with Crippen molar-refractivity contribution < 1.29 is 58.9 Å². The van der Waals surface area contributed by atoms with Gasteiger partial charge in [0.15, 0.2) is 5.78 Å². The number of carbonyl (C=O) groups excluding carboxylic acids is 3. The molecule has 0 unspecified atom stereocenters. The molecular formula is C24H22O12. The van der Waals surface area contributed by atoms with Crippen molar-refractivity contribution in [2.45, 2.75) is 44.1 Å². The number of rotatable bonds is 6. The number of ketones is 2. The lowest BCUT2D eigenvalue weighted by Gasteiger charge is -2.40. The van der Waals surface area contributed by atoms with Gasteiger partial charge in [0.05, 0.1) is 11.1 Å². The Morgan fingerprint density at radius 3 is 2.39 bits per heavy atom. The Morgan fingerprint density at radius 1 is 0.972 bits per heavy atom. The number of carboxylic acid groups (broad SMARTS) is 1. The molecule has 2 aromatic carbocycles. The zero-order chi connectivity index (χ0) is 26.3. The van der Waals surface area contributed by atoms with Crippen molar-refractivity contribution in [3.8, 4) is 11.5 Å². The summed E-state index contributed by atoms with van der Waals surface area (Å²) < 4.78 is 15.9.